The van der Waals surface area contributed by atoms with Gasteiger partial charge in [-0.25, -0.2) is 18.7 Å². The summed E-state index contributed by atoms with van der Waals surface area (Å²) in [5, 5.41) is 15.8. The predicted molar refractivity (Wildman–Crippen MR) is 130 cm³/mol. The minimum Gasteiger partial charge on any atom is -0.494 e. The van der Waals surface area contributed by atoms with Crippen LogP contribution in [0.2, 0.25) is 5.02 Å². The number of benzene rings is 2. The van der Waals surface area contributed by atoms with Crippen LogP contribution in [-0.2, 0) is 10.3 Å². The van der Waals surface area contributed by atoms with Crippen molar-refractivity contribution in [1.29, 1.82) is 0 Å². The number of rotatable bonds is 4. The summed E-state index contributed by atoms with van der Waals surface area (Å²) in [7, 11) is 1.37. The molecule has 1 spiro atoms. The van der Waals surface area contributed by atoms with Crippen molar-refractivity contribution in [2.24, 2.45) is 0 Å². The Morgan fingerprint density at radius 3 is 2.84 bits per heavy atom. The second kappa shape index (κ2) is 8.96. The van der Waals surface area contributed by atoms with E-state index in [1.165, 1.54) is 53.2 Å². The van der Waals surface area contributed by atoms with Crippen LogP contribution in [-0.4, -0.2) is 58.0 Å². The number of carboxylic acids is 1. The molecule has 13 heteroatoms. The van der Waals surface area contributed by atoms with Crippen LogP contribution < -0.4 is 15.8 Å². The Bertz CT molecular complexity index is 1460. The van der Waals surface area contributed by atoms with E-state index >= 15 is 4.39 Å². The average Bonchev–Trinajstić information content (AvgIpc) is 3.25. The Kier molecular flexibility index (Phi) is 5.91. The Labute approximate surface area is 214 Å². The highest BCUT2D eigenvalue weighted by Gasteiger charge is 2.48. The Morgan fingerprint density at radius 1 is 1.32 bits per heavy atom. The minimum absolute atomic E-state index is 0.00498. The van der Waals surface area contributed by atoms with Crippen LogP contribution in [0.3, 0.4) is 0 Å². The van der Waals surface area contributed by atoms with Gasteiger partial charge in [0.2, 0.25) is 0 Å². The monoisotopic (exact) mass is 529 g/mol. The van der Waals surface area contributed by atoms with E-state index in [-0.39, 0.29) is 51.9 Å². The molecule has 5 rings (SSSR count). The quantitative estimate of drug-likeness (QED) is 0.463. The lowest BCUT2D eigenvalue weighted by atomic mass is 9.83. The first-order valence-electron chi connectivity index (χ1n) is 11.2. The number of carbonyl (C=O) groups excluding carboxylic acids is 2. The van der Waals surface area contributed by atoms with Gasteiger partial charge in [0.1, 0.15) is 22.8 Å². The van der Waals surface area contributed by atoms with Crippen LogP contribution >= 0.6 is 11.6 Å². The number of nitrogens with one attached hydrogen (secondary N) is 1. The number of nitrogens with two attached hydrogens (primary N) is 1. The Hall–Kier alpha value is -4.32. The lowest BCUT2D eigenvalue weighted by Crippen LogP contribution is -2.53. The molecule has 192 valence electrons. The maximum absolute atomic E-state index is 15.1. The molecule has 3 heterocycles. The van der Waals surface area contributed by atoms with E-state index in [2.05, 4.69) is 10.4 Å². The molecule has 1 saturated heterocycles. The van der Waals surface area contributed by atoms with Gasteiger partial charge in [-0.15, -0.1) is 0 Å². The van der Waals surface area contributed by atoms with Crippen molar-refractivity contribution >= 4 is 41.1 Å². The zero-order valence-electron chi connectivity index (χ0n) is 19.5. The number of hydrogen-bond acceptors (Lipinski definition) is 7. The molecule has 3 aromatic rings. The molecular formula is C24H21ClFN5O6. The lowest BCUT2D eigenvalue weighted by Gasteiger charge is -2.45. The van der Waals surface area contributed by atoms with E-state index < -0.39 is 29.4 Å². The third-order valence-corrected chi connectivity index (χ3v) is 6.80. The highest BCUT2D eigenvalue weighted by atomic mass is 35.5. The van der Waals surface area contributed by atoms with Crippen molar-refractivity contribution in [2.75, 3.05) is 31.2 Å². The molecule has 1 aromatic heterocycles. The predicted octanol–water partition coefficient (Wildman–Crippen LogP) is 3.65. The molecule has 0 radical (unpaired) electrons. The van der Waals surface area contributed by atoms with Gasteiger partial charge in [-0.1, -0.05) is 11.6 Å². The molecule has 0 bridgehead atoms. The number of anilines is 2. The summed E-state index contributed by atoms with van der Waals surface area (Å²) in [6, 6.07) is 6.98. The smallest absolute Gasteiger partial charge is 0.412 e. The van der Waals surface area contributed by atoms with E-state index in [0.29, 0.717) is 18.7 Å². The van der Waals surface area contributed by atoms with Crippen molar-refractivity contribution in [2.45, 2.75) is 18.4 Å². The Balaban J connectivity index is 1.49. The topological polar surface area (TPSA) is 149 Å². The number of likely N-dealkylation sites (tertiary alicyclic amines) is 1. The molecule has 2 aliphatic heterocycles. The minimum atomic E-state index is -1.43. The van der Waals surface area contributed by atoms with Crippen molar-refractivity contribution in [3.05, 3.63) is 64.1 Å². The summed E-state index contributed by atoms with van der Waals surface area (Å²) in [5.74, 6) is -2.18. The molecular weight excluding hydrogens is 509 g/mol. The number of fused-ring (bicyclic) bond motifs is 2. The van der Waals surface area contributed by atoms with Crippen molar-refractivity contribution in [3.8, 4) is 11.4 Å². The maximum Gasteiger partial charge on any atom is 0.412 e. The summed E-state index contributed by atoms with van der Waals surface area (Å²) in [5.41, 5.74) is 5.57. The van der Waals surface area contributed by atoms with Crippen LogP contribution in [0.5, 0.6) is 5.75 Å². The van der Waals surface area contributed by atoms with Crippen LogP contribution in [0, 0.1) is 5.82 Å². The van der Waals surface area contributed by atoms with Gasteiger partial charge in [0.25, 0.3) is 5.91 Å². The molecule has 2 aliphatic rings. The molecule has 2 aromatic carbocycles. The number of nitrogens with zero attached hydrogens (tertiary/aromatic N) is 3. The van der Waals surface area contributed by atoms with Crippen LogP contribution in [0.15, 0.2) is 36.5 Å². The highest BCUT2D eigenvalue weighted by Crippen LogP contribution is 2.45. The fourth-order valence-corrected chi connectivity index (χ4v) is 4.97. The summed E-state index contributed by atoms with van der Waals surface area (Å²) >= 11 is 6.02. The number of aromatic nitrogens is 2. The van der Waals surface area contributed by atoms with Crippen molar-refractivity contribution in [1.82, 2.24) is 14.7 Å². The number of piperidine rings is 1. The maximum atomic E-state index is 15.1. The number of aromatic carboxylic acids is 1. The molecule has 4 N–H and O–H groups in total. The number of methoxy groups -OCH3 is 1. The van der Waals surface area contributed by atoms with Gasteiger partial charge in [-0.05, 0) is 43.2 Å². The van der Waals surface area contributed by atoms with E-state index in [9.17, 15) is 19.5 Å². The summed E-state index contributed by atoms with van der Waals surface area (Å²) in [4.78, 5) is 38.6. The number of carbonyl (C=O) groups is 3. The van der Waals surface area contributed by atoms with E-state index in [0.717, 1.165) is 0 Å². The standard InChI is InChI=1S/C24H21ClFN5O6/c1-36-17-9-12(22(33)34)3-6-16(17)31-20(27)13(10-28-31)21(32)30-8-2-7-24(11-30)18-15(29-23(35)37-24)5-4-14(25)19(18)26/h3-6,9-10H,2,7-8,11,27H2,1H3,(H,29,35)(H,33,34)/t24-/m0/s1. The van der Waals surface area contributed by atoms with Crippen LogP contribution in [0.4, 0.5) is 20.7 Å². The van der Waals surface area contributed by atoms with Gasteiger partial charge < -0.3 is 25.2 Å². The number of hydrogen-bond donors (Lipinski definition) is 3. The third-order valence-electron chi connectivity index (χ3n) is 6.51. The second-order valence-corrected chi connectivity index (χ2v) is 9.08. The fourth-order valence-electron chi connectivity index (χ4n) is 4.82. The SMILES string of the molecule is COc1cc(C(=O)O)ccc1-n1ncc(C(=O)N2CCC[C@@]3(C2)OC(=O)Nc2ccc(Cl)c(F)c23)c1N. The molecule has 1 atom stereocenters. The normalized spacial score (nSPS) is 18.7. The average molecular weight is 530 g/mol. The number of amides is 2. The van der Waals surface area contributed by atoms with Gasteiger partial charge in [-0.2, -0.15) is 5.10 Å². The van der Waals surface area contributed by atoms with Gasteiger partial charge in [0.05, 0.1) is 41.7 Å². The summed E-state index contributed by atoms with van der Waals surface area (Å²) in [6.07, 6.45) is 1.23. The van der Waals surface area contributed by atoms with Gasteiger partial charge in [0.15, 0.2) is 11.4 Å². The fraction of sp³-hybridized carbons (Fsp3) is 0.250. The number of halogens is 2. The van der Waals surface area contributed by atoms with E-state index in [1.807, 2.05) is 0 Å². The molecule has 0 saturated carbocycles. The first kappa shape index (κ1) is 24.4. The first-order chi connectivity index (χ1) is 17.6. The van der Waals surface area contributed by atoms with Gasteiger partial charge in [-0.3, -0.25) is 10.1 Å². The molecule has 1 fully saturated rings. The number of nitrogen functional groups attached to an aromatic ring is 1. The first-order valence-corrected chi connectivity index (χ1v) is 11.6. The largest absolute Gasteiger partial charge is 0.494 e. The highest BCUT2D eigenvalue weighted by molar-refractivity contribution is 6.31. The van der Waals surface area contributed by atoms with E-state index in [1.54, 1.807) is 0 Å². The van der Waals surface area contributed by atoms with Gasteiger partial charge in [0, 0.05) is 6.54 Å². The lowest BCUT2D eigenvalue weighted by molar-refractivity contribution is -0.0418. The third kappa shape index (κ3) is 3.99. The van der Waals surface area contributed by atoms with Gasteiger partial charge >= 0.3 is 12.1 Å². The molecule has 37 heavy (non-hydrogen) atoms. The zero-order valence-corrected chi connectivity index (χ0v) is 20.2. The number of carboxylic acid groups (broad SMARTS) is 1. The van der Waals surface area contributed by atoms with Crippen LogP contribution in [0.25, 0.3) is 5.69 Å². The zero-order chi connectivity index (χ0) is 26.5. The summed E-state index contributed by atoms with van der Waals surface area (Å²) < 4.78 is 27.3. The molecule has 2 amide bonds. The van der Waals surface area contributed by atoms with Crippen LogP contribution in [0.1, 0.15) is 39.1 Å². The van der Waals surface area contributed by atoms with E-state index in [4.69, 9.17) is 26.8 Å². The van der Waals surface area contributed by atoms with Crippen molar-refractivity contribution < 1.29 is 33.4 Å². The Morgan fingerprint density at radius 2 is 2.11 bits per heavy atom. The second-order valence-electron chi connectivity index (χ2n) is 8.67. The van der Waals surface area contributed by atoms with Crippen molar-refractivity contribution in [3.63, 3.8) is 0 Å². The molecule has 0 aliphatic carbocycles. The molecule has 11 nitrogen and oxygen atoms in total. The summed E-state index contributed by atoms with van der Waals surface area (Å²) in [6.45, 7) is 0.190. The number of ether oxygens (including phenoxy) is 2. The molecule has 0 unspecified atom stereocenters.